The molecule has 0 spiro atoms. The van der Waals surface area contributed by atoms with Gasteiger partial charge in [0.1, 0.15) is 16.6 Å². The number of rotatable bonds is 6. The summed E-state index contributed by atoms with van der Waals surface area (Å²) in [6, 6.07) is 1.68. The molecule has 1 aromatic heterocycles. The number of nitriles is 1. The Morgan fingerprint density at radius 2 is 1.84 bits per heavy atom. The summed E-state index contributed by atoms with van der Waals surface area (Å²) in [5, 5.41) is 14.2. The monoisotopic (exact) mass is 365 g/mol. The highest BCUT2D eigenvalue weighted by molar-refractivity contribution is 7.16. The molecule has 0 unspecified atom stereocenters. The Morgan fingerprint density at radius 3 is 2.40 bits per heavy atom. The van der Waals surface area contributed by atoms with E-state index >= 15 is 0 Å². The first-order chi connectivity index (χ1) is 11.8. The number of imide groups is 1. The molecule has 0 aliphatic carbocycles. The maximum Gasteiger partial charge on any atom is 0.414 e. The van der Waals surface area contributed by atoms with Crippen molar-refractivity contribution in [2.24, 2.45) is 0 Å². The lowest BCUT2D eigenvalue weighted by atomic mass is 10.1. The molecule has 9 heteroatoms. The van der Waals surface area contributed by atoms with Gasteiger partial charge in [-0.05, 0) is 33.3 Å². The maximum atomic E-state index is 12.1. The van der Waals surface area contributed by atoms with E-state index in [9.17, 15) is 14.4 Å². The van der Waals surface area contributed by atoms with Crippen molar-refractivity contribution in [3.8, 4) is 6.07 Å². The van der Waals surface area contributed by atoms with Crippen molar-refractivity contribution in [1.82, 2.24) is 5.32 Å². The van der Waals surface area contributed by atoms with Gasteiger partial charge in [-0.15, -0.1) is 11.3 Å². The van der Waals surface area contributed by atoms with E-state index in [-0.39, 0.29) is 18.8 Å². The molecule has 0 fully saturated rings. The van der Waals surface area contributed by atoms with E-state index in [2.05, 4.69) is 10.1 Å². The van der Waals surface area contributed by atoms with Crippen molar-refractivity contribution in [2.75, 3.05) is 18.5 Å². The van der Waals surface area contributed by atoms with E-state index in [1.54, 1.807) is 26.8 Å². The fourth-order valence-electron chi connectivity index (χ4n) is 1.79. The van der Waals surface area contributed by atoms with Gasteiger partial charge in [-0.25, -0.2) is 9.59 Å². The number of hydrogen-bond acceptors (Lipinski definition) is 8. The van der Waals surface area contributed by atoms with E-state index in [1.165, 1.54) is 11.3 Å². The molecule has 0 atom stereocenters. The number of hydrogen-bond donors (Lipinski definition) is 2. The molecule has 2 amide bonds. The Kier molecular flexibility index (Phi) is 7.62. The molecule has 134 valence electrons. The van der Waals surface area contributed by atoms with Gasteiger partial charge >= 0.3 is 12.1 Å². The number of nitrogens with one attached hydrogen (secondary N) is 2. The summed E-state index contributed by atoms with van der Waals surface area (Å²) < 4.78 is 9.60. The van der Waals surface area contributed by atoms with Crippen molar-refractivity contribution < 1.29 is 23.9 Å². The van der Waals surface area contributed by atoms with Gasteiger partial charge in [0.2, 0.25) is 0 Å². The minimum atomic E-state index is -0.941. The zero-order chi connectivity index (χ0) is 19.0. The first-order valence-electron chi connectivity index (χ1n) is 7.47. The molecule has 0 aromatic carbocycles. The van der Waals surface area contributed by atoms with Crippen LogP contribution >= 0.6 is 11.3 Å². The molecule has 2 N–H and O–H groups in total. The van der Waals surface area contributed by atoms with Crippen molar-refractivity contribution in [1.29, 1.82) is 5.26 Å². The summed E-state index contributed by atoms with van der Waals surface area (Å²) in [5.74, 6) is -1.40. The lowest BCUT2D eigenvalue weighted by molar-refractivity contribution is -0.116. The second-order valence-electron chi connectivity index (χ2n) is 4.70. The standard InChI is InChI=1S/C16H19N3O5S/c1-5-23-15(21)12-9(3)10(4)25-14(12)18-8-11(7-17)13(20)19-16(22)24-6-2/h8,18H,5-6H2,1-4H3,(H,19,20,22). The molecule has 0 radical (unpaired) electrons. The van der Waals surface area contributed by atoms with E-state index in [0.29, 0.717) is 10.6 Å². The van der Waals surface area contributed by atoms with Gasteiger partial charge in [-0.2, -0.15) is 5.26 Å². The number of thiophene rings is 1. The number of amides is 2. The summed E-state index contributed by atoms with van der Waals surface area (Å²) >= 11 is 1.29. The molecule has 0 saturated carbocycles. The smallest absolute Gasteiger partial charge is 0.414 e. The number of anilines is 1. The fraction of sp³-hybridized carbons (Fsp3) is 0.375. The number of ether oxygens (including phenoxy) is 2. The fourth-order valence-corrected chi connectivity index (χ4v) is 2.81. The molecule has 1 heterocycles. The zero-order valence-electron chi connectivity index (χ0n) is 14.4. The van der Waals surface area contributed by atoms with Gasteiger partial charge in [-0.3, -0.25) is 10.1 Å². The molecule has 0 saturated heterocycles. The third kappa shape index (κ3) is 5.32. The van der Waals surface area contributed by atoms with Crippen LogP contribution in [-0.4, -0.2) is 31.2 Å². The number of esters is 1. The Morgan fingerprint density at radius 1 is 1.20 bits per heavy atom. The lowest BCUT2D eigenvalue weighted by Gasteiger charge is -2.06. The van der Waals surface area contributed by atoms with Crippen LogP contribution in [0, 0.1) is 25.2 Å². The normalized spacial score (nSPS) is 10.6. The quantitative estimate of drug-likeness (QED) is 0.452. The average Bonchev–Trinajstić information content (AvgIpc) is 2.83. The third-order valence-corrected chi connectivity index (χ3v) is 4.21. The van der Waals surface area contributed by atoms with Crippen LogP contribution in [0.3, 0.4) is 0 Å². The van der Waals surface area contributed by atoms with Crippen LogP contribution in [0.15, 0.2) is 11.8 Å². The van der Waals surface area contributed by atoms with Gasteiger partial charge in [-0.1, -0.05) is 0 Å². The van der Waals surface area contributed by atoms with Crippen molar-refractivity contribution in [3.05, 3.63) is 27.8 Å². The molecular weight excluding hydrogens is 346 g/mol. The minimum Gasteiger partial charge on any atom is -0.462 e. The van der Waals surface area contributed by atoms with Crippen molar-refractivity contribution in [3.63, 3.8) is 0 Å². The largest absolute Gasteiger partial charge is 0.462 e. The number of aryl methyl sites for hydroxylation is 1. The minimum absolute atomic E-state index is 0.0968. The lowest BCUT2D eigenvalue weighted by Crippen LogP contribution is -2.32. The highest BCUT2D eigenvalue weighted by atomic mass is 32.1. The SMILES string of the molecule is CCOC(=O)NC(=O)C(C#N)=CNc1sc(C)c(C)c1C(=O)OCC. The number of alkyl carbamates (subject to hydrolysis) is 1. The number of nitrogens with zero attached hydrogens (tertiary/aromatic N) is 1. The summed E-state index contributed by atoms with van der Waals surface area (Å²) in [7, 11) is 0. The second kappa shape index (κ2) is 9.44. The third-order valence-electron chi connectivity index (χ3n) is 3.07. The Labute approximate surface area is 149 Å². The van der Waals surface area contributed by atoms with Crippen LogP contribution in [0.5, 0.6) is 0 Å². The molecule has 1 rings (SSSR count). The number of carbonyl (C=O) groups is 3. The number of carbonyl (C=O) groups excluding carboxylic acids is 3. The van der Waals surface area contributed by atoms with Gasteiger partial charge in [0.25, 0.3) is 5.91 Å². The Bertz CT molecular complexity index is 746. The van der Waals surface area contributed by atoms with Gasteiger partial charge in [0.15, 0.2) is 0 Å². The second-order valence-corrected chi connectivity index (χ2v) is 5.92. The van der Waals surface area contributed by atoms with E-state index < -0.39 is 18.0 Å². The first kappa shape index (κ1) is 20.2. The van der Waals surface area contributed by atoms with Crippen LogP contribution in [0.4, 0.5) is 9.80 Å². The molecule has 1 aromatic rings. The first-order valence-corrected chi connectivity index (χ1v) is 8.29. The van der Waals surface area contributed by atoms with Crippen LogP contribution in [0.25, 0.3) is 0 Å². The Balaban J connectivity index is 3.01. The maximum absolute atomic E-state index is 12.1. The molecule has 8 nitrogen and oxygen atoms in total. The Hall–Kier alpha value is -2.86. The van der Waals surface area contributed by atoms with Gasteiger partial charge < -0.3 is 14.8 Å². The molecule has 0 aliphatic rings. The van der Waals surface area contributed by atoms with E-state index in [0.717, 1.165) is 16.6 Å². The summed E-state index contributed by atoms with van der Waals surface area (Å²) in [5.41, 5.74) is 0.768. The predicted octanol–water partition coefficient (Wildman–Crippen LogP) is 2.63. The van der Waals surface area contributed by atoms with Crippen LogP contribution in [0.1, 0.15) is 34.6 Å². The molecular formula is C16H19N3O5S. The van der Waals surface area contributed by atoms with E-state index in [1.807, 2.05) is 12.2 Å². The highest BCUT2D eigenvalue weighted by Crippen LogP contribution is 2.33. The summed E-state index contributed by atoms with van der Waals surface area (Å²) in [6.07, 6.45) is 0.186. The highest BCUT2D eigenvalue weighted by Gasteiger charge is 2.21. The summed E-state index contributed by atoms with van der Waals surface area (Å²) in [6.45, 7) is 7.24. The summed E-state index contributed by atoms with van der Waals surface area (Å²) in [4.78, 5) is 36.1. The molecule has 25 heavy (non-hydrogen) atoms. The average molecular weight is 365 g/mol. The topological polar surface area (TPSA) is 118 Å². The molecule has 0 aliphatic heterocycles. The zero-order valence-corrected chi connectivity index (χ0v) is 15.2. The van der Waals surface area contributed by atoms with Crippen molar-refractivity contribution >= 4 is 34.3 Å². The van der Waals surface area contributed by atoms with Gasteiger partial charge in [0.05, 0.1) is 18.8 Å². The van der Waals surface area contributed by atoms with Crippen LogP contribution in [0.2, 0.25) is 0 Å². The molecule has 0 bridgehead atoms. The van der Waals surface area contributed by atoms with Gasteiger partial charge in [0, 0.05) is 11.1 Å². The predicted molar refractivity (Wildman–Crippen MR) is 92.2 cm³/mol. The van der Waals surface area contributed by atoms with Crippen molar-refractivity contribution in [2.45, 2.75) is 27.7 Å². The van der Waals surface area contributed by atoms with E-state index in [4.69, 9.17) is 10.00 Å². The van der Waals surface area contributed by atoms with Crippen LogP contribution < -0.4 is 10.6 Å². The van der Waals surface area contributed by atoms with Crippen LogP contribution in [-0.2, 0) is 14.3 Å².